The predicted molar refractivity (Wildman–Crippen MR) is 343 cm³/mol. The van der Waals surface area contributed by atoms with E-state index in [0.29, 0.717) is 19.3 Å². The zero-order valence-electron chi connectivity index (χ0n) is 50.8. The second-order valence-electron chi connectivity index (χ2n) is 20.6. The highest BCUT2D eigenvalue weighted by atomic mass is 16.6. The lowest BCUT2D eigenvalue weighted by molar-refractivity contribution is -0.166. The van der Waals surface area contributed by atoms with Gasteiger partial charge in [0.25, 0.3) is 0 Å². The molecule has 0 aromatic carbocycles. The van der Waals surface area contributed by atoms with E-state index >= 15 is 0 Å². The lowest BCUT2D eigenvalue weighted by Gasteiger charge is -2.18. The van der Waals surface area contributed by atoms with Crippen molar-refractivity contribution < 1.29 is 28.6 Å². The maximum Gasteiger partial charge on any atom is 0.306 e. The van der Waals surface area contributed by atoms with Gasteiger partial charge < -0.3 is 14.2 Å². The quantitative estimate of drug-likeness (QED) is 0.0261. The number of carbonyl (C=O) groups is 3. The summed E-state index contributed by atoms with van der Waals surface area (Å²) in [5.41, 5.74) is 0. The molecule has 0 saturated heterocycles. The smallest absolute Gasteiger partial charge is 0.306 e. The van der Waals surface area contributed by atoms with Gasteiger partial charge in [0.05, 0.1) is 0 Å². The van der Waals surface area contributed by atoms with E-state index in [9.17, 15) is 14.4 Å². The summed E-state index contributed by atoms with van der Waals surface area (Å²) in [5.74, 6) is -1.01. The van der Waals surface area contributed by atoms with Crippen LogP contribution >= 0.6 is 0 Å². The molecule has 1 atom stereocenters. The van der Waals surface area contributed by atoms with Gasteiger partial charge in [-0.2, -0.15) is 0 Å². The minimum absolute atomic E-state index is 0.113. The lowest BCUT2D eigenvalue weighted by Crippen LogP contribution is -2.30. The largest absolute Gasteiger partial charge is 0.462 e. The molecule has 0 N–H and O–H groups in total. The van der Waals surface area contributed by atoms with Crippen molar-refractivity contribution >= 4 is 17.9 Å². The Labute approximate surface area is 486 Å². The van der Waals surface area contributed by atoms with Gasteiger partial charge >= 0.3 is 17.9 Å². The van der Waals surface area contributed by atoms with Gasteiger partial charge in [-0.15, -0.1) is 0 Å². The summed E-state index contributed by atoms with van der Waals surface area (Å²) < 4.78 is 16.8. The Kier molecular flexibility index (Phi) is 61.4. The SMILES string of the molecule is CC/C=C\C/C=C\C/C=C\C/C=C\C/C=C\C/C=C\C/C=C\C/C=C\C/C=C\CCCCCCCCCC(=O)OCC(COC(=O)CCCCCCCCCCCCCCC)OC(=O)CC/C=C\C/C=C\C/C=C\C/C=C\CC. The summed E-state index contributed by atoms with van der Waals surface area (Å²) >= 11 is 0. The Morgan fingerprint density at radius 2 is 0.519 bits per heavy atom. The molecule has 0 bridgehead atoms. The fourth-order valence-corrected chi connectivity index (χ4v) is 8.33. The number of esters is 3. The molecule has 0 aliphatic rings. The Balaban J connectivity index is 4.28. The highest BCUT2D eigenvalue weighted by molar-refractivity contribution is 5.71. The van der Waals surface area contributed by atoms with Crippen LogP contribution in [0.5, 0.6) is 0 Å². The number of allylic oxidation sites excluding steroid dienone is 26. The van der Waals surface area contributed by atoms with Crippen LogP contribution in [0.15, 0.2) is 158 Å². The Morgan fingerprint density at radius 1 is 0.266 bits per heavy atom. The maximum absolute atomic E-state index is 12.8. The normalized spacial score (nSPS) is 13.2. The van der Waals surface area contributed by atoms with E-state index in [-0.39, 0.29) is 31.6 Å². The highest BCUT2D eigenvalue weighted by Crippen LogP contribution is 2.15. The van der Waals surface area contributed by atoms with Crippen LogP contribution in [0.1, 0.15) is 265 Å². The molecule has 0 fully saturated rings. The van der Waals surface area contributed by atoms with E-state index in [1.165, 1.54) is 89.9 Å². The predicted octanol–water partition coefficient (Wildman–Crippen LogP) is 22.1. The topological polar surface area (TPSA) is 78.9 Å². The van der Waals surface area contributed by atoms with Crippen molar-refractivity contribution in [3.05, 3.63) is 158 Å². The van der Waals surface area contributed by atoms with E-state index in [0.717, 1.165) is 128 Å². The van der Waals surface area contributed by atoms with Gasteiger partial charge in [-0.3, -0.25) is 14.4 Å². The van der Waals surface area contributed by atoms with Crippen molar-refractivity contribution in [2.24, 2.45) is 0 Å². The molecule has 1 unspecified atom stereocenters. The molecule has 0 rings (SSSR count). The first-order valence-corrected chi connectivity index (χ1v) is 32.0. The van der Waals surface area contributed by atoms with Crippen LogP contribution < -0.4 is 0 Å². The summed E-state index contributed by atoms with van der Waals surface area (Å²) in [6, 6.07) is 0. The zero-order valence-corrected chi connectivity index (χ0v) is 50.8. The molecular weight excluding hydrogens is 973 g/mol. The number of hydrogen-bond acceptors (Lipinski definition) is 6. The van der Waals surface area contributed by atoms with Gasteiger partial charge in [0, 0.05) is 19.3 Å². The van der Waals surface area contributed by atoms with Gasteiger partial charge in [0.1, 0.15) is 13.2 Å². The number of unbranched alkanes of at least 4 members (excludes halogenated alkanes) is 19. The minimum atomic E-state index is -0.825. The van der Waals surface area contributed by atoms with Gasteiger partial charge in [-0.1, -0.05) is 288 Å². The van der Waals surface area contributed by atoms with Crippen LogP contribution in [0.3, 0.4) is 0 Å². The molecule has 0 saturated carbocycles. The Bertz CT molecular complexity index is 1780. The summed E-state index contributed by atoms with van der Waals surface area (Å²) in [4.78, 5) is 38.1. The molecule has 6 heteroatoms. The van der Waals surface area contributed by atoms with Crippen LogP contribution in [0.25, 0.3) is 0 Å². The third-order valence-corrected chi connectivity index (χ3v) is 13.0. The van der Waals surface area contributed by atoms with Crippen molar-refractivity contribution in [3.63, 3.8) is 0 Å². The number of hydrogen-bond donors (Lipinski definition) is 0. The maximum atomic E-state index is 12.8. The van der Waals surface area contributed by atoms with E-state index in [1.54, 1.807) is 0 Å². The van der Waals surface area contributed by atoms with Crippen molar-refractivity contribution in [2.75, 3.05) is 13.2 Å². The molecular formula is C73H116O6. The molecule has 0 aliphatic carbocycles. The molecule has 0 aromatic heterocycles. The molecule has 0 heterocycles. The van der Waals surface area contributed by atoms with E-state index in [4.69, 9.17) is 14.2 Å². The van der Waals surface area contributed by atoms with Crippen LogP contribution in [-0.4, -0.2) is 37.2 Å². The second kappa shape index (κ2) is 65.5. The Morgan fingerprint density at radius 3 is 0.823 bits per heavy atom. The lowest BCUT2D eigenvalue weighted by atomic mass is 10.0. The number of rotatable bonds is 56. The molecule has 0 aliphatic heterocycles. The number of ether oxygens (including phenoxy) is 3. The van der Waals surface area contributed by atoms with E-state index in [2.05, 4.69) is 167 Å². The van der Waals surface area contributed by atoms with Gasteiger partial charge in [-0.05, 0) is 116 Å². The second-order valence-corrected chi connectivity index (χ2v) is 20.6. The summed E-state index contributed by atoms with van der Waals surface area (Å²) in [6.45, 7) is 6.33. The first kappa shape index (κ1) is 74.0. The van der Waals surface area contributed by atoms with Crippen molar-refractivity contribution in [1.29, 1.82) is 0 Å². The molecule has 0 aromatic rings. The molecule has 444 valence electrons. The first-order chi connectivity index (χ1) is 39.0. The summed E-state index contributed by atoms with van der Waals surface area (Å²) in [6.07, 6.45) is 95.6. The fourth-order valence-electron chi connectivity index (χ4n) is 8.33. The van der Waals surface area contributed by atoms with Crippen molar-refractivity contribution in [1.82, 2.24) is 0 Å². The molecule has 79 heavy (non-hydrogen) atoms. The molecule has 0 spiro atoms. The van der Waals surface area contributed by atoms with Crippen LogP contribution in [-0.2, 0) is 28.6 Å². The Hall–Kier alpha value is -4.97. The fraction of sp³-hybridized carbons (Fsp3) is 0.603. The molecule has 0 radical (unpaired) electrons. The van der Waals surface area contributed by atoms with Gasteiger partial charge in [-0.25, -0.2) is 0 Å². The first-order valence-electron chi connectivity index (χ1n) is 32.0. The third kappa shape index (κ3) is 63.7. The molecule has 0 amide bonds. The van der Waals surface area contributed by atoms with Crippen molar-refractivity contribution in [3.8, 4) is 0 Å². The monoisotopic (exact) mass is 1090 g/mol. The summed E-state index contributed by atoms with van der Waals surface area (Å²) in [7, 11) is 0. The van der Waals surface area contributed by atoms with E-state index in [1.807, 2.05) is 12.2 Å². The van der Waals surface area contributed by atoms with Gasteiger partial charge in [0.15, 0.2) is 6.10 Å². The number of carbonyl (C=O) groups excluding carboxylic acids is 3. The highest BCUT2D eigenvalue weighted by Gasteiger charge is 2.19. The van der Waals surface area contributed by atoms with Crippen LogP contribution in [0.4, 0.5) is 0 Å². The summed E-state index contributed by atoms with van der Waals surface area (Å²) in [5, 5.41) is 0. The van der Waals surface area contributed by atoms with Gasteiger partial charge in [0.2, 0.25) is 0 Å². The minimum Gasteiger partial charge on any atom is -0.462 e. The van der Waals surface area contributed by atoms with Crippen molar-refractivity contribution in [2.45, 2.75) is 271 Å². The molecule has 6 nitrogen and oxygen atoms in total. The van der Waals surface area contributed by atoms with Crippen LogP contribution in [0, 0.1) is 0 Å². The standard InChI is InChI=1S/C73H116O6/c1-4-7-10-13-16-19-22-25-26-27-28-29-30-31-32-33-34-35-36-37-38-39-40-41-42-43-44-45-46-49-51-54-57-60-63-66-72(75)78-69-70(79-73(76)67-64-61-58-55-52-48-24-21-18-15-12-9-6-3)68-77-71(74)65-62-59-56-53-50-47-23-20-17-14-11-8-5-2/h7,9-10,12,16,18-19,21,25-26,28-29,31-32,34-35,37-38,40-41,43-44,48,52,58,61,70H,4-6,8,11,13-15,17,20,22-24,27,30,33,36,39,42,45-47,49-51,53-57,59-60,62-69H2,1-3H3/b10-7-,12-9-,19-16-,21-18-,26-25-,29-28-,32-31-,35-34-,38-37-,41-40-,44-43-,52-48-,61-58-. The van der Waals surface area contributed by atoms with E-state index < -0.39 is 12.1 Å². The zero-order chi connectivity index (χ0) is 57.1. The van der Waals surface area contributed by atoms with Crippen LogP contribution in [0.2, 0.25) is 0 Å². The average Bonchev–Trinajstić information content (AvgIpc) is 3.45. The third-order valence-electron chi connectivity index (χ3n) is 13.0. The average molecular weight is 1090 g/mol.